The Morgan fingerprint density at radius 2 is 1.86 bits per heavy atom. The van der Waals surface area contributed by atoms with E-state index in [2.05, 4.69) is 21.7 Å². The molecule has 0 atom stereocenters. The topological polar surface area (TPSA) is 83.1 Å². The van der Waals surface area contributed by atoms with E-state index in [4.69, 9.17) is 9.47 Å². The van der Waals surface area contributed by atoms with Crippen LogP contribution in [0.3, 0.4) is 0 Å². The minimum absolute atomic E-state index is 0.0611. The molecule has 7 nitrogen and oxygen atoms in total. The summed E-state index contributed by atoms with van der Waals surface area (Å²) >= 11 is 0. The van der Waals surface area contributed by atoms with Crippen molar-refractivity contribution in [1.82, 2.24) is 5.32 Å². The second-order valence-electron chi connectivity index (χ2n) is 4.83. The molecular formula is C14H25NO6. The van der Waals surface area contributed by atoms with Crippen LogP contribution in [-0.2, 0) is 24.0 Å². The highest BCUT2D eigenvalue weighted by atomic mass is 17.2. The third-order valence-corrected chi connectivity index (χ3v) is 2.71. The lowest BCUT2D eigenvalue weighted by molar-refractivity contribution is -0.289. The molecular weight excluding hydrogens is 278 g/mol. The van der Waals surface area contributed by atoms with Gasteiger partial charge in [-0.25, -0.2) is 14.6 Å². The van der Waals surface area contributed by atoms with Crippen molar-refractivity contribution in [3.8, 4) is 0 Å². The number of esters is 1. The summed E-state index contributed by atoms with van der Waals surface area (Å²) in [4.78, 5) is 32.2. The molecule has 0 aliphatic carbocycles. The quantitative estimate of drug-likeness (QED) is 0.206. The van der Waals surface area contributed by atoms with Crippen LogP contribution in [-0.4, -0.2) is 45.0 Å². The van der Waals surface area contributed by atoms with Crippen LogP contribution in [0.25, 0.3) is 0 Å². The Kier molecular flexibility index (Phi) is 10.3. The van der Waals surface area contributed by atoms with E-state index in [0.29, 0.717) is 6.42 Å². The lowest BCUT2D eigenvalue weighted by atomic mass is 9.91. The van der Waals surface area contributed by atoms with E-state index in [1.807, 2.05) is 20.8 Å². The number of amides is 1. The number of nitrogens with one attached hydrogen (secondary N) is 1. The highest BCUT2D eigenvalue weighted by Gasteiger charge is 2.26. The molecule has 0 fully saturated rings. The average molecular weight is 303 g/mol. The van der Waals surface area contributed by atoms with Crippen molar-refractivity contribution in [2.45, 2.75) is 27.2 Å². The fraction of sp³-hybridized carbons (Fsp3) is 0.714. The van der Waals surface area contributed by atoms with Crippen molar-refractivity contribution >= 4 is 12.1 Å². The molecule has 7 heteroatoms. The molecule has 0 aliphatic rings. The van der Waals surface area contributed by atoms with E-state index >= 15 is 0 Å². The summed E-state index contributed by atoms with van der Waals surface area (Å²) in [5.41, 5.74) is -0.511. The van der Waals surface area contributed by atoms with E-state index < -0.39 is 11.5 Å². The maximum atomic E-state index is 11.6. The second-order valence-corrected chi connectivity index (χ2v) is 4.83. The van der Waals surface area contributed by atoms with Gasteiger partial charge in [-0.05, 0) is 20.3 Å². The Bertz CT molecular complexity index is 329. The van der Waals surface area contributed by atoms with Crippen LogP contribution in [0.5, 0.6) is 0 Å². The number of rotatable bonds is 11. The first-order valence-electron chi connectivity index (χ1n) is 6.87. The highest BCUT2D eigenvalue weighted by Crippen LogP contribution is 2.21. The Balaban J connectivity index is 3.54. The first kappa shape index (κ1) is 19.4. The second kappa shape index (κ2) is 11.1. The molecule has 0 unspecified atom stereocenters. The van der Waals surface area contributed by atoms with Gasteiger partial charge in [0.25, 0.3) is 0 Å². The highest BCUT2D eigenvalue weighted by molar-refractivity contribution is 5.75. The molecule has 1 N–H and O–H groups in total. The minimum atomic E-state index is -0.604. The van der Waals surface area contributed by atoms with Crippen molar-refractivity contribution in [3.05, 3.63) is 12.7 Å². The zero-order valence-corrected chi connectivity index (χ0v) is 13.0. The lowest BCUT2D eigenvalue weighted by Gasteiger charge is -2.20. The van der Waals surface area contributed by atoms with Crippen LogP contribution in [0, 0.1) is 5.41 Å². The fourth-order valence-corrected chi connectivity index (χ4v) is 1.01. The van der Waals surface area contributed by atoms with Crippen molar-refractivity contribution < 1.29 is 28.8 Å². The van der Waals surface area contributed by atoms with Gasteiger partial charge in [-0.15, -0.1) is 6.58 Å². The van der Waals surface area contributed by atoms with Crippen molar-refractivity contribution in [2.75, 3.05) is 33.0 Å². The van der Waals surface area contributed by atoms with Gasteiger partial charge >= 0.3 is 12.1 Å². The summed E-state index contributed by atoms with van der Waals surface area (Å²) in [7, 11) is 0. The Labute approximate surface area is 125 Å². The van der Waals surface area contributed by atoms with Gasteiger partial charge in [-0.3, -0.25) is 4.79 Å². The van der Waals surface area contributed by atoms with E-state index in [0.717, 1.165) is 0 Å². The van der Waals surface area contributed by atoms with Gasteiger partial charge in [-0.2, -0.15) is 0 Å². The molecule has 0 spiro atoms. The first-order valence-corrected chi connectivity index (χ1v) is 6.87. The predicted octanol–water partition coefficient (Wildman–Crippen LogP) is 1.83. The first-order chi connectivity index (χ1) is 9.94. The number of carbonyl (C=O) groups excluding carboxylic acids is 2. The molecule has 0 aromatic heterocycles. The molecule has 122 valence electrons. The maximum absolute atomic E-state index is 11.6. The fourth-order valence-electron chi connectivity index (χ4n) is 1.01. The number of carbonyl (C=O) groups is 2. The van der Waals surface area contributed by atoms with Gasteiger partial charge < -0.3 is 14.8 Å². The molecule has 0 bridgehead atoms. The van der Waals surface area contributed by atoms with Crippen LogP contribution < -0.4 is 5.32 Å². The Morgan fingerprint density at radius 1 is 1.14 bits per heavy atom. The normalized spacial score (nSPS) is 10.8. The molecule has 0 saturated heterocycles. The zero-order chi connectivity index (χ0) is 16.1. The third kappa shape index (κ3) is 9.86. The number of hydrogen-bond donors (Lipinski definition) is 1. The van der Waals surface area contributed by atoms with E-state index in [1.54, 1.807) is 0 Å². The largest absolute Gasteiger partial charge is 0.463 e. The minimum Gasteiger partial charge on any atom is -0.463 e. The van der Waals surface area contributed by atoms with Crippen LogP contribution in [0.2, 0.25) is 0 Å². The van der Waals surface area contributed by atoms with Crippen molar-refractivity contribution in [2.24, 2.45) is 5.41 Å². The molecule has 0 heterocycles. The van der Waals surface area contributed by atoms with Crippen LogP contribution in [0.15, 0.2) is 12.7 Å². The lowest BCUT2D eigenvalue weighted by Crippen LogP contribution is -2.32. The molecule has 1 amide bonds. The summed E-state index contributed by atoms with van der Waals surface area (Å²) in [6.07, 6.45) is 1.62. The molecule has 0 rings (SSSR count). The average Bonchev–Trinajstić information content (AvgIpc) is 2.46. The Morgan fingerprint density at radius 3 is 2.48 bits per heavy atom. The van der Waals surface area contributed by atoms with Gasteiger partial charge in [0.2, 0.25) is 0 Å². The summed E-state index contributed by atoms with van der Waals surface area (Å²) in [5, 5.41) is 2.46. The molecule has 0 aliphatic heterocycles. The SMILES string of the molecule is C=CCOOCCOC(=O)NCCOC(=O)C(C)(C)CC. The summed E-state index contributed by atoms with van der Waals surface area (Å²) in [6.45, 7) is 9.74. The smallest absolute Gasteiger partial charge is 0.407 e. The van der Waals surface area contributed by atoms with Crippen molar-refractivity contribution in [1.29, 1.82) is 0 Å². The Hall–Kier alpha value is -1.60. The number of hydrogen-bond acceptors (Lipinski definition) is 6. The van der Waals surface area contributed by atoms with Crippen molar-refractivity contribution in [3.63, 3.8) is 0 Å². The van der Waals surface area contributed by atoms with Gasteiger partial charge in [0.1, 0.15) is 26.4 Å². The zero-order valence-electron chi connectivity index (χ0n) is 13.0. The standard InChI is InChI=1S/C14H25NO6/c1-5-8-20-21-11-10-19-13(17)15-7-9-18-12(16)14(3,4)6-2/h5H,1,6-11H2,2-4H3,(H,15,17). The van der Waals surface area contributed by atoms with Crippen LogP contribution >= 0.6 is 0 Å². The predicted molar refractivity (Wildman–Crippen MR) is 76.5 cm³/mol. The molecule has 0 radical (unpaired) electrons. The maximum Gasteiger partial charge on any atom is 0.407 e. The number of alkyl carbamates (subject to hydrolysis) is 1. The summed E-state index contributed by atoms with van der Waals surface area (Å²) in [5.74, 6) is -0.284. The summed E-state index contributed by atoms with van der Waals surface area (Å²) in [6, 6.07) is 0. The van der Waals surface area contributed by atoms with Gasteiger partial charge in [-0.1, -0.05) is 13.0 Å². The molecule has 0 aromatic rings. The number of ether oxygens (including phenoxy) is 2. The summed E-state index contributed by atoms with van der Waals surface area (Å²) < 4.78 is 9.85. The van der Waals surface area contributed by atoms with Gasteiger partial charge in [0, 0.05) is 0 Å². The molecule has 21 heavy (non-hydrogen) atoms. The van der Waals surface area contributed by atoms with Gasteiger partial charge in [0.05, 0.1) is 12.0 Å². The van der Waals surface area contributed by atoms with Gasteiger partial charge in [0.15, 0.2) is 0 Å². The third-order valence-electron chi connectivity index (χ3n) is 2.71. The monoisotopic (exact) mass is 303 g/mol. The van der Waals surface area contributed by atoms with Crippen LogP contribution in [0.1, 0.15) is 27.2 Å². The van der Waals surface area contributed by atoms with Crippen LogP contribution in [0.4, 0.5) is 4.79 Å². The van der Waals surface area contributed by atoms with E-state index in [-0.39, 0.29) is 38.9 Å². The molecule has 0 saturated carbocycles. The van der Waals surface area contributed by atoms with E-state index in [1.165, 1.54) is 6.08 Å². The van der Waals surface area contributed by atoms with E-state index in [9.17, 15) is 9.59 Å². The molecule has 0 aromatic carbocycles.